The van der Waals surface area contributed by atoms with Crippen molar-refractivity contribution in [3.63, 3.8) is 0 Å². The summed E-state index contributed by atoms with van der Waals surface area (Å²) < 4.78 is 5.91. The van der Waals surface area contributed by atoms with Gasteiger partial charge < -0.3 is 14.6 Å². The first-order chi connectivity index (χ1) is 11.6. The van der Waals surface area contributed by atoms with Crippen LogP contribution in [0.25, 0.3) is 0 Å². The minimum atomic E-state index is -0.424. The van der Waals surface area contributed by atoms with Crippen LogP contribution in [0.3, 0.4) is 0 Å². The number of benzene rings is 1. The number of aromatic nitrogens is 2. The summed E-state index contributed by atoms with van der Waals surface area (Å²) in [6.07, 6.45) is 3.53. The van der Waals surface area contributed by atoms with Gasteiger partial charge in [0.15, 0.2) is 0 Å². The van der Waals surface area contributed by atoms with Gasteiger partial charge in [0.05, 0.1) is 0 Å². The molecule has 0 bridgehead atoms. The predicted molar refractivity (Wildman–Crippen MR) is 91.6 cm³/mol. The number of anilines is 1. The van der Waals surface area contributed by atoms with Gasteiger partial charge in [-0.1, -0.05) is 49.3 Å². The highest BCUT2D eigenvalue weighted by atomic mass is 16.4. The molecule has 1 atom stereocenters. The first-order valence-electron chi connectivity index (χ1n) is 8.59. The number of hydrogen-bond acceptors (Lipinski definition) is 5. The third-order valence-corrected chi connectivity index (χ3v) is 4.25. The fourth-order valence-corrected chi connectivity index (χ4v) is 2.80. The van der Waals surface area contributed by atoms with E-state index in [2.05, 4.69) is 20.4 Å². The molecule has 0 saturated carbocycles. The van der Waals surface area contributed by atoms with E-state index in [9.17, 15) is 4.79 Å². The standard InChI is InChI=1S/C18H24N4O2/c1-13(2)16(23)19-15(14-9-5-3-6-10-14)17-20-21-18(24-17)22-11-7-4-8-12-22/h3,5-6,9-10,13,15H,4,7-8,11-12H2,1-2H3,(H,19,23)/t15-/m0/s1. The molecule has 128 valence electrons. The van der Waals surface area contributed by atoms with Crippen molar-refractivity contribution in [3.05, 3.63) is 41.8 Å². The highest BCUT2D eigenvalue weighted by Gasteiger charge is 2.25. The Morgan fingerprint density at radius 3 is 2.50 bits per heavy atom. The maximum Gasteiger partial charge on any atom is 0.318 e. The predicted octanol–water partition coefficient (Wildman–Crippen LogP) is 2.92. The molecule has 6 nitrogen and oxygen atoms in total. The lowest BCUT2D eigenvalue weighted by atomic mass is 10.1. The molecule has 1 fully saturated rings. The molecule has 0 aliphatic carbocycles. The molecule has 1 amide bonds. The van der Waals surface area contributed by atoms with Gasteiger partial charge in [0, 0.05) is 19.0 Å². The highest BCUT2D eigenvalue weighted by molar-refractivity contribution is 5.78. The second-order valence-corrected chi connectivity index (χ2v) is 6.48. The maximum atomic E-state index is 12.2. The molecule has 1 aromatic heterocycles. The molecular weight excluding hydrogens is 304 g/mol. The first-order valence-corrected chi connectivity index (χ1v) is 8.59. The summed E-state index contributed by atoms with van der Waals surface area (Å²) in [5, 5.41) is 11.4. The summed E-state index contributed by atoms with van der Waals surface area (Å²) in [6, 6.07) is 9.85. The quantitative estimate of drug-likeness (QED) is 0.914. The van der Waals surface area contributed by atoms with E-state index in [0.717, 1.165) is 31.5 Å². The van der Waals surface area contributed by atoms with Crippen LogP contribution in [-0.2, 0) is 4.79 Å². The number of hydrogen-bond donors (Lipinski definition) is 1. The van der Waals surface area contributed by atoms with Crippen molar-refractivity contribution in [2.45, 2.75) is 39.2 Å². The highest BCUT2D eigenvalue weighted by Crippen LogP contribution is 2.25. The van der Waals surface area contributed by atoms with Crippen LogP contribution in [0.1, 0.15) is 50.6 Å². The fourth-order valence-electron chi connectivity index (χ4n) is 2.80. The summed E-state index contributed by atoms with van der Waals surface area (Å²) >= 11 is 0. The average molecular weight is 328 g/mol. The van der Waals surface area contributed by atoms with Gasteiger partial charge in [-0.05, 0) is 24.8 Å². The van der Waals surface area contributed by atoms with Crippen LogP contribution in [-0.4, -0.2) is 29.2 Å². The lowest BCUT2D eigenvalue weighted by Gasteiger charge is -2.24. The van der Waals surface area contributed by atoms with Gasteiger partial charge in [-0.3, -0.25) is 4.79 Å². The Morgan fingerprint density at radius 2 is 1.83 bits per heavy atom. The largest absolute Gasteiger partial charge is 0.405 e. The molecule has 2 heterocycles. The summed E-state index contributed by atoms with van der Waals surface area (Å²) in [5.41, 5.74) is 0.931. The van der Waals surface area contributed by atoms with Crippen LogP contribution >= 0.6 is 0 Å². The van der Waals surface area contributed by atoms with Gasteiger partial charge in [-0.2, -0.15) is 0 Å². The minimum absolute atomic E-state index is 0.0402. The zero-order chi connectivity index (χ0) is 16.9. The molecule has 3 rings (SSSR count). The number of carbonyl (C=O) groups is 1. The van der Waals surface area contributed by atoms with Crippen LogP contribution < -0.4 is 10.2 Å². The third-order valence-electron chi connectivity index (χ3n) is 4.25. The van der Waals surface area contributed by atoms with Crippen LogP contribution in [0.15, 0.2) is 34.7 Å². The van der Waals surface area contributed by atoms with Crippen LogP contribution in [0.5, 0.6) is 0 Å². The molecule has 0 unspecified atom stereocenters. The zero-order valence-electron chi connectivity index (χ0n) is 14.2. The van der Waals surface area contributed by atoms with Crippen LogP contribution in [0, 0.1) is 5.92 Å². The lowest BCUT2D eigenvalue weighted by Crippen LogP contribution is -2.32. The average Bonchev–Trinajstić information content (AvgIpc) is 3.10. The number of rotatable bonds is 5. The number of piperidine rings is 1. The molecule has 1 aliphatic rings. The first kappa shape index (κ1) is 16.5. The Bertz CT molecular complexity index is 663. The van der Waals surface area contributed by atoms with Gasteiger partial charge >= 0.3 is 6.01 Å². The molecule has 24 heavy (non-hydrogen) atoms. The third kappa shape index (κ3) is 3.75. The Kier molecular flexibility index (Phi) is 5.13. The molecule has 1 saturated heterocycles. The van der Waals surface area contributed by atoms with Gasteiger partial charge in [0.1, 0.15) is 6.04 Å². The maximum absolute atomic E-state index is 12.2. The number of amides is 1. The second-order valence-electron chi connectivity index (χ2n) is 6.48. The van der Waals surface area contributed by atoms with E-state index < -0.39 is 6.04 Å². The van der Waals surface area contributed by atoms with E-state index in [1.165, 1.54) is 6.42 Å². The molecule has 0 spiro atoms. The second kappa shape index (κ2) is 7.47. The summed E-state index contributed by atoms with van der Waals surface area (Å²) in [5.74, 6) is 0.276. The van der Waals surface area contributed by atoms with Crippen molar-refractivity contribution in [1.29, 1.82) is 0 Å². The molecular formula is C18H24N4O2. The Labute approximate surface area is 142 Å². The molecule has 1 N–H and O–H groups in total. The smallest absolute Gasteiger partial charge is 0.318 e. The Morgan fingerprint density at radius 1 is 1.12 bits per heavy atom. The number of nitrogens with one attached hydrogen (secondary N) is 1. The van der Waals surface area contributed by atoms with E-state index in [-0.39, 0.29) is 11.8 Å². The summed E-state index contributed by atoms with van der Waals surface area (Å²) in [7, 11) is 0. The summed E-state index contributed by atoms with van der Waals surface area (Å²) in [4.78, 5) is 14.3. The van der Waals surface area contributed by atoms with Crippen molar-refractivity contribution in [3.8, 4) is 0 Å². The molecule has 1 aromatic carbocycles. The number of carbonyl (C=O) groups excluding carboxylic acids is 1. The van der Waals surface area contributed by atoms with Crippen LogP contribution in [0.2, 0.25) is 0 Å². The van der Waals surface area contributed by atoms with Gasteiger partial charge in [-0.25, -0.2) is 0 Å². The van der Waals surface area contributed by atoms with Gasteiger partial charge in [0.25, 0.3) is 0 Å². The van der Waals surface area contributed by atoms with E-state index >= 15 is 0 Å². The lowest BCUT2D eigenvalue weighted by molar-refractivity contribution is -0.124. The molecule has 6 heteroatoms. The topological polar surface area (TPSA) is 71.3 Å². The minimum Gasteiger partial charge on any atom is -0.405 e. The van der Waals surface area contributed by atoms with Gasteiger partial charge in [-0.15, -0.1) is 5.10 Å². The fraction of sp³-hybridized carbons (Fsp3) is 0.500. The van der Waals surface area contributed by atoms with E-state index in [4.69, 9.17) is 4.42 Å². The summed E-state index contributed by atoms with van der Waals surface area (Å²) in [6.45, 7) is 5.61. The SMILES string of the molecule is CC(C)C(=O)N[C@@H](c1ccccc1)c1nnc(N2CCCCC2)o1. The van der Waals surface area contributed by atoms with Crippen molar-refractivity contribution < 1.29 is 9.21 Å². The Hall–Kier alpha value is -2.37. The van der Waals surface area contributed by atoms with Gasteiger partial charge in [0.2, 0.25) is 11.8 Å². The van der Waals surface area contributed by atoms with Crippen molar-refractivity contribution in [1.82, 2.24) is 15.5 Å². The molecule has 1 aliphatic heterocycles. The van der Waals surface area contributed by atoms with E-state index in [1.807, 2.05) is 44.2 Å². The van der Waals surface area contributed by atoms with Crippen molar-refractivity contribution in [2.24, 2.45) is 5.92 Å². The monoisotopic (exact) mass is 328 g/mol. The van der Waals surface area contributed by atoms with Crippen molar-refractivity contribution >= 4 is 11.9 Å². The zero-order valence-corrected chi connectivity index (χ0v) is 14.2. The molecule has 0 radical (unpaired) electrons. The van der Waals surface area contributed by atoms with E-state index in [1.54, 1.807) is 0 Å². The molecule has 2 aromatic rings. The Balaban J connectivity index is 1.85. The number of nitrogens with zero attached hydrogens (tertiary/aromatic N) is 3. The van der Waals surface area contributed by atoms with Crippen LogP contribution in [0.4, 0.5) is 6.01 Å². The normalized spacial score (nSPS) is 16.2. The van der Waals surface area contributed by atoms with Crippen molar-refractivity contribution in [2.75, 3.05) is 18.0 Å². The van der Waals surface area contributed by atoms with E-state index in [0.29, 0.717) is 11.9 Å².